The van der Waals surface area contributed by atoms with E-state index in [4.69, 9.17) is 0 Å². The molecule has 0 bridgehead atoms. The highest BCUT2D eigenvalue weighted by atomic mass is 16.2. The molecule has 1 aliphatic carbocycles. The second kappa shape index (κ2) is 6.82. The molecule has 1 saturated heterocycles. The fraction of sp³-hybridized carbons (Fsp3) is 0.381. The Balaban J connectivity index is 1.40. The number of carbonyl (C=O) groups is 1. The molecule has 7 heteroatoms. The third-order valence-corrected chi connectivity index (χ3v) is 5.71. The maximum Gasteiger partial charge on any atom is 0.274 e. The summed E-state index contributed by atoms with van der Waals surface area (Å²) in [5.41, 5.74) is 3.85. The first-order valence-corrected chi connectivity index (χ1v) is 9.82. The Morgan fingerprint density at radius 1 is 1.14 bits per heavy atom. The molecule has 0 N–H and O–H groups in total. The van der Waals surface area contributed by atoms with Gasteiger partial charge in [-0.2, -0.15) is 5.10 Å². The van der Waals surface area contributed by atoms with Crippen molar-refractivity contribution in [2.24, 2.45) is 0 Å². The van der Waals surface area contributed by atoms with Gasteiger partial charge in [0.05, 0.1) is 35.5 Å². The van der Waals surface area contributed by atoms with E-state index in [0.29, 0.717) is 24.3 Å². The zero-order chi connectivity index (χ0) is 19.1. The van der Waals surface area contributed by atoms with Crippen LogP contribution in [0.4, 0.5) is 0 Å². The van der Waals surface area contributed by atoms with Crippen molar-refractivity contribution in [1.82, 2.24) is 24.6 Å². The lowest BCUT2D eigenvalue weighted by Crippen LogP contribution is -2.41. The van der Waals surface area contributed by atoms with Crippen molar-refractivity contribution in [3.8, 4) is 0 Å². The summed E-state index contributed by atoms with van der Waals surface area (Å²) in [6, 6.07) is 9.18. The van der Waals surface area contributed by atoms with Crippen LogP contribution in [0, 0.1) is 0 Å². The number of rotatable bonds is 3. The largest absolute Gasteiger partial charge is 0.332 e. The van der Waals surface area contributed by atoms with Crippen LogP contribution in [0.15, 0.2) is 41.3 Å². The molecule has 2 aromatic heterocycles. The summed E-state index contributed by atoms with van der Waals surface area (Å²) in [5.74, 6) is -0.130. The number of para-hydroxylation sites is 2. The lowest BCUT2D eigenvalue weighted by molar-refractivity contribution is 0.0714. The predicted molar refractivity (Wildman–Crippen MR) is 104 cm³/mol. The van der Waals surface area contributed by atoms with Gasteiger partial charge in [-0.25, -0.2) is 9.67 Å². The molecule has 5 rings (SSSR count). The number of hydrogen-bond acceptors (Lipinski definition) is 5. The average Bonchev–Trinajstić information content (AvgIpc) is 3.36. The van der Waals surface area contributed by atoms with Gasteiger partial charge < -0.3 is 4.90 Å². The molecular formula is C21H21N5O2. The highest BCUT2D eigenvalue weighted by molar-refractivity contribution is 5.94. The minimum absolute atomic E-state index is 0.0505. The first-order valence-electron chi connectivity index (χ1n) is 9.82. The van der Waals surface area contributed by atoms with Crippen molar-refractivity contribution in [2.45, 2.75) is 44.7 Å². The molecule has 1 fully saturated rings. The fourth-order valence-electron chi connectivity index (χ4n) is 4.27. The Labute approximate surface area is 162 Å². The van der Waals surface area contributed by atoms with Crippen LogP contribution in [0.1, 0.15) is 41.0 Å². The molecule has 1 atom stereocenters. The van der Waals surface area contributed by atoms with Crippen molar-refractivity contribution >= 4 is 16.9 Å². The minimum atomic E-state index is -0.130. The number of hydrogen-bond donors (Lipinski definition) is 0. The van der Waals surface area contributed by atoms with Crippen LogP contribution in [-0.4, -0.2) is 43.1 Å². The van der Waals surface area contributed by atoms with E-state index in [1.807, 2.05) is 29.2 Å². The Bertz CT molecular complexity index is 1120. The van der Waals surface area contributed by atoms with E-state index in [-0.39, 0.29) is 17.5 Å². The molecule has 142 valence electrons. The van der Waals surface area contributed by atoms with Crippen LogP contribution >= 0.6 is 0 Å². The number of nitrogens with zero attached hydrogens (tertiary/aromatic N) is 5. The zero-order valence-corrected chi connectivity index (χ0v) is 15.5. The van der Waals surface area contributed by atoms with Crippen molar-refractivity contribution < 1.29 is 4.79 Å². The normalized spacial score (nSPS) is 18.6. The van der Waals surface area contributed by atoms with E-state index in [1.54, 1.807) is 12.3 Å². The number of benzene rings is 1. The number of aromatic nitrogens is 4. The van der Waals surface area contributed by atoms with Gasteiger partial charge in [-0.1, -0.05) is 12.1 Å². The topological polar surface area (TPSA) is 81.0 Å². The first-order chi connectivity index (χ1) is 13.7. The van der Waals surface area contributed by atoms with E-state index >= 15 is 0 Å². The first kappa shape index (κ1) is 17.0. The van der Waals surface area contributed by atoms with Gasteiger partial charge in [-0.15, -0.1) is 0 Å². The number of fused-ring (bicyclic) bond motifs is 2. The van der Waals surface area contributed by atoms with Crippen LogP contribution in [-0.2, 0) is 19.4 Å². The summed E-state index contributed by atoms with van der Waals surface area (Å²) in [6.07, 6.45) is 6.23. The van der Waals surface area contributed by atoms with Crippen LogP contribution in [0.2, 0.25) is 0 Å². The smallest absolute Gasteiger partial charge is 0.274 e. The molecule has 2 aliphatic rings. The van der Waals surface area contributed by atoms with Crippen LogP contribution < -0.4 is 5.56 Å². The summed E-state index contributed by atoms with van der Waals surface area (Å²) >= 11 is 0. The van der Waals surface area contributed by atoms with Crippen molar-refractivity contribution in [1.29, 1.82) is 0 Å². The zero-order valence-electron chi connectivity index (χ0n) is 15.5. The SMILES string of the molecule is O=C(c1cnc2ccccc2n1)N1CCCC1Cn1nc2c(cc1=O)CCC2. The Kier molecular flexibility index (Phi) is 4.15. The number of amides is 1. The number of likely N-dealkylation sites (tertiary alicyclic amines) is 1. The summed E-state index contributed by atoms with van der Waals surface area (Å²) in [5, 5.41) is 4.56. The van der Waals surface area contributed by atoms with Gasteiger partial charge in [0.1, 0.15) is 5.69 Å². The van der Waals surface area contributed by atoms with Crippen molar-refractivity contribution in [2.75, 3.05) is 6.54 Å². The Morgan fingerprint density at radius 3 is 2.89 bits per heavy atom. The molecule has 7 nitrogen and oxygen atoms in total. The van der Waals surface area contributed by atoms with E-state index < -0.39 is 0 Å². The lowest BCUT2D eigenvalue weighted by atomic mass is 10.2. The average molecular weight is 375 g/mol. The molecular weight excluding hydrogens is 354 g/mol. The van der Waals surface area contributed by atoms with E-state index in [9.17, 15) is 9.59 Å². The summed E-state index contributed by atoms with van der Waals surface area (Å²) in [4.78, 5) is 36.2. The number of aryl methyl sites for hydroxylation is 2. The maximum absolute atomic E-state index is 13.1. The van der Waals surface area contributed by atoms with Crippen LogP contribution in [0.5, 0.6) is 0 Å². The molecule has 28 heavy (non-hydrogen) atoms. The standard InChI is InChI=1S/C21H21N5O2/c27-20-11-14-5-3-9-16(14)24-26(20)13-15-6-4-10-25(15)21(28)19-12-22-17-7-1-2-8-18(17)23-19/h1-2,7-8,11-12,15H,3-6,9-10,13H2. The Hall–Kier alpha value is -3.09. The van der Waals surface area contributed by atoms with Crippen molar-refractivity contribution in [3.63, 3.8) is 0 Å². The third-order valence-electron chi connectivity index (χ3n) is 5.71. The number of carbonyl (C=O) groups excluding carboxylic acids is 1. The molecule has 3 heterocycles. The van der Waals surface area contributed by atoms with Gasteiger partial charge in [-0.3, -0.25) is 14.6 Å². The maximum atomic E-state index is 13.1. The quantitative estimate of drug-likeness (QED) is 0.699. The minimum Gasteiger partial charge on any atom is -0.332 e. The highest BCUT2D eigenvalue weighted by Crippen LogP contribution is 2.22. The van der Waals surface area contributed by atoms with E-state index in [1.165, 1.54) is 4.68 Å². The van der Waals surface area contributed by atoms with Gasteiger partial charge >= 0.3 is 0 Å². The Morgan fingerprint density at radius 2 is 2.00 bits per heavy atom. The monoisotopic (exact) mass is 375 g/mol. The van der Waals surface area contributed by atoms with Gasteiger partial charge in [0.2, 0.25) is 0 Å². The van der Waals surface area contributed by atoms with Crippen molar-refractivity contribution in [3.05, 3.63) is 63.8 Å². The van der Waals surface area contributed by atoms with Crippen LogP contribution in [0.25, 0.3) is 11.0 Å². The molecule has 0 saturated carbocycles. The second-order valence-corrected chi connectivity index (χ2v) is 7.53. The molecule has 0 spiro atoms. The molecule has 1 aromatic carbocycles. The molecule has 1 unspecified atom stereocenters. The molecule has 3 aromatic rings. The summed E-state index contributed by atoms with van der Waals surface area (Å²) < 4.78 is 1.53. The van der Waals surface area contributed by atoms with Gasteiger partial charge in [0.15, 0.2) is 0 Å². The van der Waals surface area contributed by atoms with Crippen LogP contribution in [0.3, 0.4) is 0 Å². The van der Waals surface area contributed by atoms with Gasteiger partial charge in [-0.05, 0) is 49.8 Å². The summed E-state index contributed by atoms with van der Waals surface area (Å²) in [7, 11) is 0. The van der Waals surface area contributed by atoms with E-state index in [0.717, 1.165) is 48.9 Å². The predicted octanol–water partition coefficient (Wildman–Crippen LogP) is 1.98. The lowest BCUT2D eigenvalue weighted by Gasteiger charge is -2.24. The summed E-state index contributed by atoms with van der Waals surface area (Å²) in [6.45, 7) is 1.09. The van der Waals surface area contributed by atoms with Gasteiger partial charge in [0.25, 0.3) is 11.5 Å². The fourth-order valence-corrected chi connectivity index (χ4v) is 4.27. The highest BCUT2D eigenvalue weighted by Gasteiger charge is 2.31. The van der Waals surface area contributed by atoms with Gasteiger partial charge in [0, 0.05) is 12.6 Å². The second-order valence-electron chi connectivity index (χ2n) is 7.53. The molecule has 0 radical (unpaired) electrons. The molecule has 1 amide bonds. The molecule has 1 aliphatic heterocycles. The third kappa shape index (κ3) is 2.96. The van der Waals surface area contributed by atoms with E-state index in [2.05, 4.69) is 15.1 Å².